The molecule has 5 heteroatoms. The third-order valence-corrected chi connectivity index (χ3v) is 3.79. The molecule has 0 radical (unpaired) electrons. The molecule has 1 aliphatic carbocycles. The van der Waals surface area contributed by atoms with Gasteiger partial charge < -0.3 is 4.74 Å². The van der Waals surface area contributed by atoms with Crippen LogP contribution in [0.2, 0.25) is 0 Å². The van der Waals surface area contributed by atoms with E-state index in [0.29, 0.717) is 37.4 Å². The van der Waals surface area contributed by atoms with Gasteiger partial charge in [0.05, 0.1) is 13.2 Å². The zero-order chi connectivity index (χ0) is 15.5. The summed E-state index contributed by atoms with van der Waals surface area (Å²) in [5.41, 5.74) is 2.64. The average molecular weight is 298 g/mol. The highest BCUT2D eigenvalue weighted by Crippen LogP contribution is 2.25. The first-order chi connectivity index (χ1) is 10.7. The van der Waals surface area contributed by atoms with Crippen LogP contribution in [0.3, 0.4) is 0 Å². The maximum atomic E-state index is 12.3. The molecule has 0 unspecified atom stereocenters. The van der Waals surface area contributed by atoms with Crippen molar-refractivity contribution in [3.8, 4) is 0 Å². The molecule has 0 spiro atoms. The van der Waals surface area contributed by atoms with Crippen LogP contribution in [-0.2, 0) is 17.7 Å². The van der Waals surface area contributed by atoms with E-state index in [1.54, 1.807) is 11.6 Å². The Kier molecular flexibility index (Phi) is 4.04. The highest BCUT2D eigenvalue weighted by molar-refractivity contribution is 6.00. The maximum absolute atomic E-state index is 12.3. The molecule has 2 aromatic rings. The Hall–Kier alpha value is -2.43. The summed E-state index contributed by atoms with van der Waals surface area (Å²) in [5.74, 6) is -0.388. The van der Waals surface area contributed by atoms with E-state index in [4.69, 9.17) is 4.74 Å². The normalized spacial score (nSPS) is 13.8. The van der Waals surface area contributed by atoms with E-state index >= 15 is 0 Å². The predicted octanol–water partition coefficient (Wildman–Crippen LogP) is 2.63. The lowest BCUT2D eigenvalue weighted by Gasteiger charge is -2.13. The SMILES string of the molecule is CCOC(=O)c1nn(Cc2ccccc2)c2c1CCCC2=O. The van der Waals surface area contributed by atoms with E-state index < -0.39 is 5.97 Å². The molecule has 3 rings (SSSR count). The van der Waals surface area contributed by atoms with Gasteiger partial charge >= 0.3 is 5.97 Å². The van der Waals surface area contributed by atoms with Gasteiger partial charge in [0.15, 0.2) is 11.5 Å². The lowest BCUT2D eigenvalue weighted by Crippen LogP contribution is -2.17. The van der Waals surface area contributed by atoms with Gasteiger partial charge in [-0.2, -0.15) is 5.10 Å². The molecule has 1 aromatic carbocycles. The van der Waals surface area contributed by atoms with Gasteiger partial charge in [-0.1, -0.05) is 30.3 Å². The molecule has 5 nitrogen and oxygen atoms in total. The minimum absolute atomic E-state index is 0.0558. The molecule has 0 N–H and O–H groups in total. The number of hydrogen-bond acceptors (Lipinski definition) is 4. The topological polar surface area (TPSA) is 61.2 Å². The van der Waals surface area contributed by atoms with Gasteiger partial charge in [-0.3, -0.25) is 9.48 Å². The highest BCUT2D eigenvalue weighted by Gasteiger charge is 2.30. The Balaban J connectivity index is 2.02. The standard InChI is InChI=1S/C17H18N2O3/c1-2-22-17(21)15-13-9-6-10-14(20)16(13)19(18-15)11-12-7-4-3-5-8-12/h3-5,7-8H,2,6,9-11H2,1H3. The third-order valence-electron chi connectivity index (χ3n) is 3.79. The first-order valence-electron chi connectivity index (χ1n) is 7.54. The average Bonchev–Trinajstić information content (AvgIpc) is 2.89. The van der Waals surface area contributed by atoms with Gasteiger partial charge in [0, 0.05) is 12.0 Å². The molecule has 0 aliphatic heterocycles. The fourth-order valence-corrected chi connectivity index (χ4v) is 2.83. The van der Waals surface area contributed by atoms with Gasteiger partial charge in [-0.05, 0) is 25.3 Å². The lowest BCUT2D eigenvalue weighted by atomic mass is 9.94. The summed E-state index contributed by atoms with van der Waals surface area (Å²) in [4.78, 5) is 24.4. The summed E-state index contributed by atoms with van der Waals surface area (Å²) >= 11 is 0. The molecule has 0 saturated carbocycles. The molecule has 0 amide bonds. The van der Waals surface area contributed by atoms with Crippen LogP contribution in [0.5, 0.6) is 0 Å². The Bertz CT molecular complexity index is 704. The number of nitrogens with zero attached hydrogens (tertiary/aromatic N) is 2. The van der Waals surface area contributed by atoms with Crippen molar-refractivity contribution in [2.45, 2.75) is 32.7 Å². The van der Waals surface area contributed by atoms with E-state index in [1.165, 1.54) is 0 Å². The minimum Gasteiger partial charge on any atom is -0.461 e. The Labute approximate surface area is 128 Å². The number of fused-ring (bicyclic) bond motifs is 1. The van der Waals surface area contributed by atoms with Crippen LogP contribution in [0.25, 0.3) is 0 Å². The van der Waals surface area contributed by atoms with Gasteiger partial charge in [-0.25, -0.2) is 4.79 Å². The number of hydrogen-bond donors (Lipinski definition) is 0. The molecule has 22 heavy (non-hydrogen) atoms. The van der Waals surface area contributed by atoms with Gasteiger partial charge in [-0.15, -0.1) is 0 Å². The highest BCUT2D eigenvalue weighted by atomic mass is 16.5. The van der Waals surface area contributed by atoms with Crippen molar-refractivity contribution in [1.29, 1.82) is 0 Å². The number of ketones is 1. The number of aromatic nitrogens is 2. The molecule has 0 fully saturated rings. The number of Topliss-reactive ketones (excluding diaryl/α,β-unsaturated/α-hetero) is 1. The molecule has 1 heterocycles. The number of ether oxygens (including phenoxy) is 1. The number of carbonyl (C=O) groups is 2. The molecular weight excluding hydrogens is 280 g/mol. The van der Waals surface area contributed by atoms with E-state index in [2.05, 4.69) is 5.10 Å². The van der Waals surface area contributed by atoms with Gasteiger partial charge in [0.2, 0.25) is 0 Å². The van der Waals surface area contributed by atoms with Crippen LogP contribution in [0.1, 0.15) is 51.9 Å². The summed E-state index contributed by atoms with van der Waals surface area (Å²) in [7, 11) is 0. The first-order valence-corrected chi connectivity index (χ1v) is 7.54. The second-order valence-electron chi connectivity index (χ2n) is 5.32. The molecular formula is C17H18N2O3. The number of rotatable bonds is 4. The third kappa shape index (κ3) is 2.66. The zero-order valence-electron chi connectivity index (χ0n) is 12.5. The van der Waals surface area contributed by atoms with Crippen molar-refractivity contribution in [1.82, 2.24) is 9.78 Å². The van der Waals surface area contributed by atoms with Crippen molar-refractivity contribution in [2.75, 3.05) is 6.61 Å². The van der Waals surface area contributed by atoms with Crippen LogP contribution in [0, 0.1) is 0 Å². The Morgan fingerprint density at radius 2 is 2.05 bits per heavy atom. The van der Waals surface area contributed by atoms with E-state index in [1.807, 2.05) is 30.3 Å². The smallest absolute Gasteiger partial charge is 0.359 e. The minimum atomic E-state index is -0.444. The second-order valence-corrected chi connectivity index (χ2v) is 5.32. The Morgan fingerprint density at radius 3 is 2.77 bits per heavy atom. The van der Waals surface area contributed by atoms with E-state index in [0.717, 1.165) is 17.5 Å². The van der Waals surface area contributed by atoms with Crippen molar-refractivity contribution in [3.63, 3.8) is 0 Å². The summed E-state index contributed by atoms with van der Waals surface area (Å²) < 4.78 is 6.72. The van der Waals surface area contributed by atoms with Crippen LogP contribution in [-0.4, -0.2) is 28.1 Å². The fraction of sp³-hybridized carbons (Fsp3) is 0.353. The largest absolute Gasteiger partial charge is 0.461 e. The van der Waals surface area contributed by atoms with Crippen molar-refractivity contribution in [2.24, 2.45) is 0 Å². The van der Waals surface area contributed by atoms with Crippen LogP contribution < -0.4 is 0 Å². The first kappa shape index (κ1) is 14.5. The summed E-state index contributed by atoms with van der Waals surface area (Å²) in [6.45, 7) is 2.54. The van der Waals surface area contributed by atoms with Gasteiger partial charge in [0.1, 0.15) is 5.69 Å². The van der Waals surface area contributed by atoms with E-state index in [9.17, 15) is 9.59 Å². The molecule has 0 bridgehead atoms. The number of carbonyl (C=O) groups excluding carboxylic acids is 2. The summed E-state index contributed by atoms with van der Waals surface area (Å²) in [5, 5.41) is 4.38. The monoisotopic (exact) mass is 298 g/mol. The molecule has 0 saturated heterocycles. The van der Waals surface area contributed by atoms with Crippen molar-refractivity contribution < 1.29 is 14.3 Å². The fourth-order valence-electron chi connectivity index (χ4n) is 2.83. The number of benzene rings is 1. The summed E-state index contributed by atoms with van der Waals surface area (Å²) in [6.07, 6.45) is 1.97. The van der Waals surface area contributed by atoms with Crippen LogP contribution in [0.15, 0.2) is 30.3 Å². The van der Waals surface area contributed by atoms with E-state index in [-0.39, 0.29) is 5.78 Å². The molecule has 1 aliphatic rings. The molecule has 0 atom stereocenters. The zero-order valence-corrected chi connectivity index (χ0v) is 12.5. The number of esters is 1. The maximum Gasteiger partial charge on any atom is 0.359 e. The van der Waals surface area contributed by atoms with Crippen molar-refractivity contribution in [3.05, 3.63) is 52.8 Å². The summed E-state index contributed by atoms with van der Waals surface area (Å²) in [6, 6.07) is 9.78. The predicted molar refractivity (Wildman–Crippen MR) is 81.0 cm³/mol. The lowest BCUT2D eigenvalue weighted by molar-refractivity contribution is 0.0517. The molecule has 114 valence electrons. The molecule has 1 aromatic heterocycles. The second kappa shape index (κ2) is 6.13. The van der Waals surface area contributed by atoms with Crippen LogP contribution >= 0.6 is 0 Å². The van der Waals surface area contributed by atoms with Crippen LogP contribution in [0.4, 0.5) is 0 Å². The quantitative estimate of drug-likeness (QED) is 0.814. The van der Waals surface area contributed by atoms with Crippen molar-refractivity contribution >= 4 is 11.8 Å². The Morgan fingerprint density at radius 1 is 1.27 bits per heavy atom. The van der Waals surface area contributed by atoms with Gasteiger partial charge in [0.25, 0.3) is 0 Å².